The third kappa shape index (κ3) is 3.14. The Labute approximate surface area is 145 Å². The van der Waals surface area contributed by atoms with Crippen LogP contribution in [0.4, 0.5) is 15.9 Å². The molecular formula is C18H21FN6. The van der Waals surface area contributed by atoms with Gasteiger partial charge in [-0.15, -0.1) is 0 Å². The van der Waals surface area contributed by atoms with Crippen LogP contribution in [-0.2, 0) is 7.05 Å². The number of benzene rings is 1. The van der Waals surface area contributed by atoms with Crippen LogP contribution < -0.4 is 10.2 Å². The number of hydrogen-bond acceptors (Lipinski definition) is 5. The number of halogens is 1. The van der Waals surface area contributed by atoms with Crippen molar-refractivity contribution in [3.8, 4) is 0 Å². The summed E-state index contributed by atoms with van der Waals surface area (Å²) in [7, 11) is 1.89. The van der Waals surface area contributed by atoms with Gasteiger partial charge in [0.15, 0.2) is 5.65 Å². The second-order valence-corrected chi connectivity index (χ2v) is 6.58. The van der Waals surface area contributed by atoms with E-state index in [1.807, 2.05) is 26.1 Å². The standard InChI is InChI=1S/C18H21FN6/c1-12-22-17(16-10-21-24(2)18(16)23-12)20-9-13-7-8-25(11-13)15-5-3-14(19)4-6-15/h3-6,10,13H,7-9,11H2,1-2H3,(H,20,22,23). The van der Waals surface area contributed by atoms with Gasteiger partial charge in [0.1, 0.15) is 17.5 Å². The number of anilines is 2. The van der Waals surface area contributed by atoms with Crippen molar-refractivity contribution in [3.05, 3.63) is 42.1 Å². The fourth-order valence-corrected chi connectivity index (χ4v) is 3.39. The van der Waals surface area contributed by atoms with Crippen molar-refractivity contribution in [2.45, 2.75) is 13.3 Å². The van der Waals surface area contributed by atoms with Crippen LogP contribution in [0.5, 0.6) is 0 Å². The summed E-state index contributed by atoms with van der Waals surface area (Å²) in [6.07, 6.45) is 2.90. The highest BCUT2D eigenvalue weighted by Crippen LogP contribution is 2.25. The third-order valence-electron chi connectivity index (χ3n) is 4.74. The molecule has 0 amide bonds. The van der Waals surface area contributed by atoms with Gasteiger partial charge in [0.25, 0.3) is 0 Å². The number of hydrogen-bond donors (Lipinski definition) is 1. The molecule has 6 nitrogen and oxygen atoms in total. The van der Waals surface area contributed by atoms with Crippen LogP contribution in [-0.4, -0.2) is 39.4 Å². The summed E-state index contributed by atoms with van der Waals surface area (Å²) in [5.74, 6) is 1.90. The van der Waals surface area contributed by atoms with Gasteiger partial charge in [-0.3, -0.25) is 4.68 Å². The average molecular weight is 340 g/mol. The van der Waals surface area contributed by atoms with Crippen LogP contribution in [0.3, 0.4) is 0 Å². The summed E-state index contributed by atoms with van der Waals surface area (Å²) in [6.45, 7) is 4.68. The Morgan fingerprint density at radius 3 is 2.84 bits per heavy atom. The topological polar surface area (TPSA) is 58.9 Å². The molecule has 1 atom stereocenters. The lowest BCUT2D eigenvalue weighted by atomic mass is 10.1. The highest BCUT2D eigenvalue weighted by molar-refractivity contribution is 5.86. The van der Waals surface area contributed by atoms with Gasteiger partial charge >= 0.3 is 0 Å². The van der Waals surface area contributed by atoms with E-state index in [0.29, 0.717) is 5.92 Å². The van der Waals surface area contributed by atoms with Gasteiger partial charge in [-0.2, -0.15) is 5.10 Å². The molecule has 3 heterocycles. The first-order valence-corrected chi connectivity index (χ1v) is 8.51. The van der Waals surface area contributed by atoms with Crippen molar-refractivity contribution in [2.24, 2.45) is 13.0 Å². The first-order chi connectivity index (χ1) is 12.1. The second-order valence-electron chi connectivity index (χ2n) is 6.58. The van der Waals surface area contributed by atoms with E-state index in [0.717, 1.165) is 54.4 Å². The summed E-state index contributed by atoms with van der Waals surface area (Å²) in [4.78, 5) is 11.3. The number of nitrogens with zero attached hydrogens (tertiary/aromatic N) is 5. The van der Waals surface area contributed by atoms with E-state index >= 15 is 0 Å². The van der Waals surface area contributed by atoms with Crippen LogP contribution in [0, 0.1) is 18.7 Å². The van der Waals surface area contributed by atoms with Crippen molar-refractivity contribution in [1.29, 1.82) is 0 Å². The van der Waals surface area contributed by atoms with Crippen molar-refractivity contribution >= 4 is 22.5 Å². The van der Waals surface area contributed by atoms with E-state index in [1.165, 1.54) is 12.1 Å². The lowest BCUT2D eigenvalue weighted by molar-refractivity contribution is 0.620. The zero-order valence-electron chi connectivity index (χ0n) is 14.4. The maximum atomic E-state index is 13.1. The van der Waals surface area contributed by atoms with Crippen LogP contribution >= 0.6 is 0 Å². The molecule has 130 valence electrons. The lowest BCUT2D eigenvalue weighted by Gasteiger charge is -2.19. The van der Waals surface area contributed by atoms with E-state index in [1.54, 1.807) is 10.9 Å². The van der Waals surface area contributed by atoms with Crippen molar-refractivity contribution < 1.29 is 4.39 Å². The molecule has 2 aromatic heterocycles. The van der Waals surface area contributed by atoms with Gasteiger partial charge in [-0.1, -0.05) is 0 Å². The molecule has 1 unspecified atom stereocenters. The number of rotatable bonds is 4. The molecule has 7 heteroatoms. The zero-order chi connectivity index (χ0) is 17.4. The summed E-state index contributed by atoms with van der Waals surface area (Å²) in [5, 5.41) is 8.69. The van der Waals surface area contributed by atoms with E-state index in [-0.39, 0.29) is 5.82 Å². The maximum absolute atomic E-state index is 13.1. The predicted molar refractivity (Wildman–Crippen MR) is 96.3 cm³/mol. The number of fused-ring (bicyclic) bond motifs is 1. The smallest absolute Gasteiger partial charge is 0.163 e. The molecule has 4 rings (SSSR count). The Hall–Kier alpha value is -2.70. The minimum Gasteiger partial charge on any atom is -0.371 e. The Kier molecular flexibility index (Phi) is 3.99. The fraction of sp³-hybridized carbons (Fsp3) is 0.389. The van der Waals surface area contributed by atoms with Gasteiger partial charge in [0.05, 0.1) is 11.6 Å². The Morgan fingerprint density at radius 2 is 2.04 bits per heavy atom. The Morgan fingerprint density at radius 1 is 1.24 bits per heavy atom. The molecule has 0 radical (unpaired) electrons. The van der Waals surface area contributed by atoms with Gasteiger partial charge < -0.3 is 10.2 Å². The maximum Gasteiger partial charge on any atom is 0.163 e. The van der Waals surface area contributed by atoms with E-state index in [2.05, 4.69) is 25.3 Å². The second kappa shape index (κ2) is 6.31. The van der Waals surface area contributed by atoms with Crippen molar-refractivity contribution in [2.75, 3.05) is 29.9 Å². The fourth-order valence-electron chi connectivity index (χ4n) is 3.39. The largest absolute Gasteiger partial charge is 0.371 e. The molecule has 1 fully saturated rings. The average Bonchev–Trinajstić information content (AvgIpc) is 3.21. The monoisotopic (exact) mass is 340 g/mol. The SMILES string of the molecule is Cc1nc(NCC2CCN(c3ccc(F)cc3)C2)c2cnn(C)c2n1. The van der Waals surface area contributed by atoms with E-state index in [4.69, 9.17) is 0 Å². The quantitative estimate of drug-likeness (QED) is 0.791. The Balaban J connectivity index is 1.43. The molecule has 1 aromatic carbocycles. The highest BCUT2D eigenvalue weighted by Gasteiger charge is 2.23. The summed E-state index contributed by atoms with van der Waals surface area (Å²) in [5.41, 5.74) is 1.92. The number of aromatic nitrogens is 4. The van der Waals surface area contributed by atoms with Crippen LogP contribution in [0.1, 0.15) is 12.2 Å². The summed E-state index contributed by atoms with van der Waals surface area (Å²) < 4.78 is 14.8. The van der Waals surface area contributed by atoms with E-state index in [9.17, 15) is 4.39 Å². The van der Waals surface area contributed by atoms with E-state index < -0.39 is 0 Å². The number of aryl methyl sites for hydroxylation is 2. The van der Waals surface area contributed by atoms with Crippen molar-refractivity contribution in [3.63, 3.8) is 0 Å². The summed E-state index contributed by atoms with van der Waals surface area (Å²) in [6, 6.07) is 6.73. The van der Waals surface area contributed by atoms with Gasteiger partial charge in [-0.25, -0.2) is 14.4 Å². The van der Waals surface area contributed by atoms with Gasteiger partial charge in [0, 0.05) is 32.4 Å². The van der Waals surface area contributed by atoms with Crippen LogP contribution in [0.15, 0.2) is 30.5 Å². The highest BCUT2D eigenvalue weighted by atomic mass is 19.1. The Bertz CT molecular complexity index is 888. The van der Waals surface area contributed by atoms with Gasteiger partial charge in [0.2, 0.25) is 0 Å². The molecular weight excluding hydrogens is 319 g/mol. The first kappa shape index (κ1) is 15.8. The molecule has 3 aromatic rings. The molecule has 1 N–H and O–H groups in total. The normalized spacial score (nSPS) is 17.4. The minimum absolute atomic E-state index is 0.194. The lowest BCUT2D eigenvalue weighted by Crippen LogP contribution is -2.22. The number of nitrogens with one attached hydrogen (secondary N) is 1. The zero-order valence-corrected chi connectivity index (χ0v) is 14.4. The molecule has 25 heavy (non-hydrogen) atoms. The molecule has 0 spiro atoms. The summed E-state index contributed by atoms with van der Waals surface area (Å²) >= 11 is 0. The van der Waals surface area contributed by atoms with Gasteiger partial charge in [-0.05, 0) is 43.5 Å². The third-order valence-corrected chi connectivity index (χ3v) is 4.74. The molecule has 1 aliphatic rings. The van der Waals surface area contributed by atoms with Crippen LogP contribution in [0.25, 0.3) is 11.0 Å². The molecule has 1 aliphatic heterocycles. The molecule has 0 bridgehead atoms. The molecule has 1 saturated heterocycles. The first-order valence-electron chi connectivity index (χ1n) is 8.51. The predicted octanol–water partition coefficient (Wildman–Crippen LogP) is 2.75. The minimum atomic E-state index is -0.194. The molecule has 0 saturated carbocycles. The van der Waals surface area contributed by atoms with Crippen molar-refractivity contribution in [1.82, 2.24) is 19.7 Å². The van der Waals surface area contributed by atoms with Crippen LogP contribution in [0.2, 0.25) is 0 Å². The molecule has 0 aliphatic carbocycles.